The van der Waals surface area contributed by atoms with Crippen LogP contribution in [0.3, 0.4) is 0 Å². The SMILES string of the molecule is CCCOCCOc1nc(C(F)(F)F)ccc1C(=O)O. The fourth-order valence-electron chi connectivity index (χ4n) is 1.31. The van der Waals surface area contributed by atoms with Gasteiger partial charge in [0, 0.05) is 6.61 Å². The van der Waals surface area contributed by atoms with Crippen LogP contribution >= 0.6 is 0 Å². The van der Waals surface area contributed by atoms with Gasteiger partial charge >= 0.3 is 12.1 Å². The molecule has 0 saturated carbocycles. The molecule has 0 spiro atoms. The van der Waals surface area contributed by atoms with Gasteiger partial charge in [-0.05, 0) is 18.6 Å². The molecular weight excluding hydrogens is 279 g/mol. The Morgan fingerprint density at radius 2 is 2.00 bits per heavy atom. The highest BCUT2D eigenvalue weighted by Gasteiger charge is 2.33. The van der Waals surface area contributed by atoms with Crippen molar-refractivity contribution >= 4 is 5.97 Å². The lowest BCUT2D eigenvalue weighted by Gasteiger charge is -2.11. The third kappa shape index (κ3) is 4.69. The summed E-state index contributed by atoms with van der Waals surface area (Å²) in [6.07, 6.45) is -3.87. The van der Waals surface area contributed by atoms with Crippen molar-refractivity contribution in [2.45, 2.75) is 19.5 Å². The summed E-state index contributed by atoms with van der Waals surface area (Å²) < 4.78 is 47.5. The fraction of sp³-hybridized carbons (Fsp3) is 0.500. The number of carboxylic acids is 1. The summed E-state index contributed by atoms with van der Waals surface area (Å²) in [6, 6.07) is 1.42. The van der Waals surface area contributed by atoms with Gasteiger partial charge in [-0.1, -0.05) is 6.92 Å². The van der Waals surface area contributed by atoms with Crippen LogP contribution in [0.5, 0.6) is 5.88 Å². The van der Waals surface area contributed by atoms with Crippen LogP contribution in [0.1, 0.15) is 29.4 Å². The Balaban J connectivity index is 2.81. The van der Waals surface area contributed by atoms with Gasteiger partial charge in [-0.2, -0.15) is 13.2 Å². The zero-order valence-corrected chi connectivity index (χ0v) is 10.7. The van der Waals surface area contributed by atoms with Gasteiger partial charge in [0.15, 0.2) is 0 Å². The lowest BCUT2D eigenvalue weighted by atomic mass is 10.2. The van der Waals surface area contributed by atoms with Crippen LogP contribution in [-0.2, 0) is 10.9 Å². The number of aromatic nitrogens is 1. The van der Waals surface area contributed by atoms with Crippen molar-refractivity contribution in [2.75, 3.05) is 19.8 Å². The van der Waals surface area contributed by atoms with Crippen molar-refractivity contribution in [3.05, 3.63) is 23.4 Å². The van der Waals surface area contributed by atoms with E-state index in [1.807, 2.05) is 6.92 Å². The molecule has 0 radical (unpaired) electrons. The summed E-state index contributed by atoms with van der Waals surface area (Å²) >= 11 is 0. The molecule has 0 bridgehead atoms. The first-order valence-corrected chi connectivity index (χ1v) is 5.88. The van der Waals surface area contributed by atoms with Crippen molar-refractivity contribution in [3.63, 3.8) is 0 Å². The van der Waals surface area contributed by atoms with Crippen LogP contribution in [0.15, 0.2) is 12.1 Å². The Morgan fingerprint density at radius 1 is 1.30 bits per heavy atom. The average molecular weight is 293 g/mol. The van der Waals surface area contributed by atoms with Crippen LogP contribution in [-0.4, -0.2) is 35.9 Å². The fourth-order valence-corrected chi connectivity index (χ4v) is 1.31. The first-order chi connectivity index (χ1) is 9.36. The zero-order chi connectivity index (χ0) is 15.2. The molecule has 1 rings (SSSR count). The highest BCUT2D eigenvalue weighted by atomic mass is 19.4. The van der Waals surface area contributed by atoms with E-state index in [1.165, 1.54) is 0 Å². The topological polar surface area (TPSA) is 68.7 Å². The van der Waals surface area contributed by atoms with E-state index in [4.69, 9.17) is 14.6 Å². The van der Waals surface area contributed by atoms with Crippen molar-refractivity contribution in [1.29, 1.82) is 0 Å². The van der Waals surface area contributed by atoms with E-state index in [9.17, 15) is 18.0 Å². The monoisotopic (exact) mass is 293 g/mol. The van der Waals surface area contributed by atoms with Crippen molar-refractivity contribution < 1.29 is 32.5 Å². The van der Waals surface area contributed by atoms with Crippen molar-refractivity contribution in [2.24, 2.45) is 0 Å². The first-order valence-electron chi connectivity index (χ1n) is 5.88. The molecule has 0 atom stereocenters. The van der Waals surface area contributed by atoms with Gasteiger partial charge in [0.1, 0.15) is 17.9 Å². The number of carboxylic acid groups (broad SMARTS) is 1. The average Bonchev–Trinajstić information content (AvgIpc) is 2.37. The molecule has 0 fully saturated rings. The predicted octanol–water partition coefficient (Wildman–Crippen LogP) is 2.60. The summed E-state index contributed by atoms with van der Waals surface area (Å²) in [5.74, 6) is -1.97. The normalized spacial score (nSPS) is 11.4. The molecule has 1 heterocycles. The Labute approximate surface area is 113 Å². The zero-order valence-electron chi connectivity index (χ0n) is 10.7. The molecule has 0 aliphatic heterocycles. The van der Waals surface area contributed by atoms with E-state index in [0.717, 1.165) is 12.5 Å². The molecule has 8 heteroatoms. The van der Waals surface area contributed by atoms with Gasteiger partial charge in [-0.15, -0.1) is 0 Å². The third-order valence-corrected chi connectivity index (χ3v) is 2.20. The van der Waals surface area contributed by atoms with Crippen LogP contribution in [0, 0.1) is 0 Å². The second kappa shape index (κ2) is 7.09. The van der Waals surface area contributed by atoms with E-state index in [1.54, 1.807) is 0 Å². The number of carbonyl (C=O) groups is 1. The smallest absolute Gasteiger partial charge is 0.433 e. The summed E-state index contributed by atoms with van der Waals surface area (Å²) in [5, 5.41) is 8.87. The summed E-state index contributed by atoms with van der Waals surface area (Å²) in [6.45, 7) is 2.46. The molecule has 1 aromatic rings. The molecule has 0 amide bonds. The maximum Gasteiger partial charge on any atom is 0.433 e. The number of rotatable bonds is 7. The number of hydrogen-bond donors (Lipinski definition) is 1. The van der Waals surface area contributed by atoms with E-state index in [2.05, 4.69) is 4.98 Å². The molecule has 112 valence electrons. The van der Waals surface area contributed by atoms with Crippen LogP contribution in [0.4, 0.5) is 13.2 Å². The number of aromatic carboxylic acids is 1. The van der Waals surface area contributed by atoms with Crippen LogP contribution in [0.25, 0.3) is 0 Å². The number of nitrogens with zero attached hydrogens (tertiary/aromatic N) is 1. The van der Waals surface area contributed by atoms with Gasteiger partial charge in [0.05, 0.1) is 6.61 Å². The Kier molecular flexibility index (Phi) is 5.75. The third-order valence-electron chi connectivity index (χ3n) is 2.20. The van der Waals surface area contributed by atoms with Gasteiger partial charge in [-0.3, -0.25) is 0 Å². The first kappa shape index (κ1) is 16.2. The molecule has 0 saturated heterocycles. The molecule has 1 aromatic heterocycles. The summed E-state index contributed by atoms with van der Waals surface area (Å²) in [5.41, 5.74) is -1.62. The molecule has 20 heavy (non-hydrogen) atoms. The van der Waals surface area contributed by atoms with Crippen molar-refractivity contribution in [3.8, 4) is 5.88 Å². The highest BCUT2D eigenvalue weighted by Crippen LogP contribution is 2.30. The quantitative estimate of drug-likeness (QED) is 0.783. The lowest BCUT2D eigenvalue weighted by Crippen LogP contribution is -2.14. The number of hydrogen-bond acceptors (Lipinski definition) is 4. The Hall–Kier alpha value is -1.83. The second-order valence-corrected chi connectivity index (χ2v) is 3.81. The highest BCUT2D eigenvalue weighted by molar-refractivity contribution is 5.90. The van der Waals surface area contributed by atoms with Gasteiger partial charge in [0.2, 0.25) is 5.88 Å². The number of pyridine rings is 1. The minimum Gasteiger partial charge on any atom is -0.477 e. The van der Waals surface area contributed by atoms with E-state index in [0.29, 0.717) is 12.7 Å². The van der Waals surface area contributed by atoms with E-state index in [-0.39, 0.29) is 13.2 Å². The molecule has 0 aliphatic carbocycles. The van der Waals surface area contributed by atoms with E-state index < -0.39 is 29.3 Å². The second-order valence-electron chi connectivity index (χ2n) is 3.81. The summed E-state index contributed by atoms with van der Waals surface area (Å²) in [7, 11) is 0. The predicted molar refractivity (Wildman–Crippen MR) is 62.8 cm³/mol. The van der Waals surface area contributed by atoms with Gasteiger partial charge in [0.25, 0.3) is 0 Å². The van der Waals surface area contributed by atoms with E-state index >= 15 is 0 Å². The maximum absolute atomic E-state index is 12.5. The number of alkyl halides is 3. The molecule has 0 aliphatic rings. The molecule has 0 aromatic carbocycles. The minimum absolute atomic E-state index is 0.0748. The maximum atomic E-state index is 12.5. The minimum atomic E-state index is -4.66. The number of halogens is 3. The Morgan fingerprint density at radius 3 is 2.55 bits per heavy atom. The Bertz CT molecular complexity index is 463. The standard InChI is InChI=1S/C12H14F3NO4/c1-2-5-19-6-7-20-10-8(11(17)18)3-4-9(16-10)12(13,14)15/h3-4H,2,5-7H2,1H3,(H,17,18). The molecular formula is C12H14F3NO4. The van der Waals surface area contributed by atoms with Crippen molar-refractivity contribution in [1.82, 2.24) is 4.98 Å². The molecule has 0 unspecified atom stereocenters. The van der Waals surface area contributed by atoms with Crippen LogP contribution in [0.2, 0.25) is 0 Å². The number of ether oxygens (including phenoxy) is 2. The summed E-state index contributed by atoms with van der Waals surface area (Å²) in [4.78, 5) is 14.1. The molecule has 5 nitrogen and oxygen atoms in total. The van der Waals surface area contributed by atoms with Gasteiger partial charge in [-0.25, -0.2) is 9.78 Å². The largest absolute Gasteiger partial charge is 0.477 e. The van der Waals surface area contributed by atoms with Gasteiger partial charge < -0.3 is 14.6 Å². The lowest BCUT2D eigenvalue weighted by molar-refractivity contribution is -0.141. The molecule has 1 N–H and O–H groups in total. The van der Waals surface area contributed by atoms with Crippen LogP contribution < -0.4 is 4.74 Å².